The SMILES string of the molecule is CCCC(C)N(C)Cc1cc(C(=O)NN)co1. The van der Waals surface area contributed by atoms with Crippen molar-refractivity contribution in [2.24, 2.45) is 5.84 Å². The van der Waals surface area contributed by atoms with Crippen LogP contribution in [0.15, 0.2) is 16.7 Å². The molecule has 1 aromatic rings. The number of nitrogens with two attached hydrogens (primary N) is 1. The molecule has 1 unspecified atom stereocenters. The van der Waals surface area contributed by atoms with Gasteiger partial charge in [-0.1, -0.05) is 13.3 Å². The number of nitrogens with zero attached hydrogens (tertiary/aromatic N) is 1. The summed E-state index contributed by atoms with van der Waals surface area (Å²) in [7, 11) is 2.05. The molecule has 0 aliphatic heterocycles. The molecule has 1 atom stereocenters. The number of hydrogen-bond acceptors (Lipinski definition) is 4. The lowest BCUT2D eigenvalue weighted by Crippen LogP contribution is -2.29. The van der Waals surface area contributed by atoms with Gasteiger partial charge in [0, 0.05) is 6.04 Å². The van der Waals surface area contributed by atoms with Crippen LogP contribution >= 0.6 is 0 Å². The van der Waals surface area contributed by atoms with Crippen molar-refractivity contribution in [1.82, 2.24) is 10.3 Å². The normalized spacial score (nSPS) is 12.8. The summed E-state index contributed by atoms with van der Waals surface area (Å²) in [6.07, 6.45) is 3.73. The van der Waals surface area contributed by atoms with Gasteiger partial charge in [-0.2, -0.15) is 0 Å². The molecule has 0 aliphatic carbocycles. The zero-order chi connectivity index (χ0) is 12.8. The molecule has 17 heavy (non-hydrogen) atoms. The van der Waals surface area contributed by atoms with Crippen LogP contribution in [-0.4, -0.2) is 23.9 Å². The zero-order valence-corrected chi connectivity index (χ0v) is 10.7. The second-order valence-electron chi connectivity index (χ2n) is 4.33. The quantitative estimate of drug-likeness (QED) is 0.448. The molecule has 0 saturated heterocycles. The van der Waals surface area contributed by atoms with Gasteiger partial charge < -0.3 is 4.42 Å². The molecule has 1 amide bonds. The number of hydrogen-bond donors (Lipinski definition) is 2. The monoisotopic (exact) mass is 239 g/mol. The van der Waals surface area contributed by atoms with Crippen LogP contribution in [0, 0.1) is 0 Å². The number of amides is 1. The molecular weight excluding hydrogens is 218 g/mol. The van der Waals surface area contributed by atoms with Gasteiger partial charge in [-0.05, 0) is 26.5 Å². The number of carbonyl (C=O) groups is 1. The summed E-state index contributed by atoms with van der Waals surface area (Å²) in [4.78, 5) is 13.4. The molecule has 1 rings (SSSR count). The number of furan rings is 1. The van der Waals surface area contributed by atoms with Gasteiger partial charge in [0.15, 0.2) is 0 Å². The lowest BCUT2D eigenvalue weighted by atomic mass is 10.1. The highest BCUT2D eigenvalue weighted by Gasteiger charge is 2.13. The molecule has 5 nitrogen and oxygen atoms in total. The third-order valence-electron chi connectivity index (χ3n) is 2.91. The van der Waals surface area contributed by atoms with Crippen LogP contribution in [0.5, 0.6) is 0 Å². The zero-order valence-electron chi connectivity index (χ0n) is 10.7. The maximum atomic E-state index is 11.2. The van der Waals surface area contributed by atoms with Crippen LogP contribution < -0.4 is 11.3 Å². The van der Waals surface area contributed by atoms with Crippen molar-refractivity contribution in [2.75, 3.05) is 7.05 Å². The van der Waals surface area contributed by atoms with E-state index in [2.05, 4.69) is 24.2 Å². The first-order valence-corrected chi connectivity index (χ1v) is 5.87. The van der Waals surface area contributed by atoms with E-state index in [1.807, 2.05) is 7.05 Å². The van der Waals surface area contributed by atoms with Crippen molar-refractivity contribution in [3.63, 3.8) is 0 Å². The Kier molecular flexibility index (Phi) is 5.18. The van der Waals surface area contributed by atoms with Gasteiger partial charge in [-0.25, -0.2) is 5.84 Å². The second kappa shape index (κ2) is 6.42. The van der Waals surface area contributed by atoms with Crippen molar-refractivity contribution in [3.05, 3.63) is 23.7 Å². The van der Waals surface area contributed by atoms with E-state index in [1.165, 1.54) is 6.26 Å². The Morgan fingerprint density at radius 3 is 2.94 bits per heavy atom. The van der Waals surface area contributed by atoms with Crippen LogP contribution in [0.1, 0.15) is 42.8 Å². The molecule has 5 heteroatoms. The van der Waals surface area contributed by atoms with E-state index in [-0.39, 0.29) is 5.91 Å². The average Bonchev–Trinajstić information content (AvgIpc) is 2.76. The van der Waals surface area contributed by atoms with Crippen LogP contribution in [-0.2, 0) is 6.54 Å². The maximum absolute atomic E-state index is 11.2. The molecule has 96 valence electrons. The second-order valence-corrected chi connectivity index (χ2v) is 4.33. The molecule has 0 radical (unpaired) electrons. The minimum absolute atomic E-state index is 0.329. The Bertz CT molecular complexity index is 362. The fraction of sp³-hybridized carbons (Fsp3) is 0.583. The Morgan fingerprint density at radius 2 is 2.35 bits per heavy atom. The van der Waals surface area contributed by atoms with Crippen molar-refractivity contribution in [2.45, 2.75) is 39.3 Å². The summed E-state index contributed by atoms with van der Waals surface area (Å²) in [6, 6.07) is 2.22. The lowest BCUT2D eigenvalue weighted by molar-refractivity contribution is 0.0953. The first kappa shape index (κ1) is 13.7. The van der Waals surface area contributed by atoms with Gasteiger partial charge in [0.1, 0.15) is 12.0 Å². The lowest BCUT2D eigenvalue weighted by Gasteiger charge is -2.22. The third-order valence-corrected chi connectivity index (χ3v) is 2.91. The molecule has 3 N–H and O–H groups in total. The highest BCUT2D eigenvalue weighted by molar-refractivity contribution is 5.93. The summed E-state index contributed by atoms with van der Waals surface area (Å²) in [5, 5.41) is 0. The number of nitrogen functional groups attached to an aromatic ring is 1. The first-order valence-electron chi connectivity index (χ1n) is 5.87. The van der Waals surface area contributed by atoms with E-state index in [0.29, 0.717) is 18.2 Å². The minimum Gasteiger partial charge on any atom is -0.467 e. The largest absolute Gasteiger partial charge is 0.467 e. The van der Waals surface area contributed by atoms with Gasteiger partial charge in [-0.3, -0.25) is 15.1 Å². The predicted molar refractivity (Wildman–Crippen MR) is 66.2 cm³/mol. The van der Waals surface area contributed by atoms with Crippen LogP contribution in [0.3, 0.4) is 0 Å². The number of carbonyl (C=O) groups excluding carboxylic acids is 1. The van der Waals surface area contributed by atoms with E-state index in [9.17, 15) is 4.79 Å². The molecule has 1 heterocycles. The summed E-state index contributed by atoms with van der Waals surface area (Å²) in [5.74, 6) is 5.49. The summed E-state index contributed by atoms with van der Waals surface area (Å²) >= 11 is 0. The van der Waals surface area contributed by atoms with Crippen LogP contribution in [0.2, 0.25) is 0 Å². The van der Waals surface area contributed by atoms with Crippen molar-refractivity contribution in [1.29, 1.82) is 0 Å². The fourth-order valence-electron chi connectivity index (χ4n) is 1.71. The highest BCUT2D eigenvalue weighted by atomic mass is 16.3. The van der Waals surface area contributed by atoms with E-state index < -0.39 is 0 Å². The van der Waals surface area contributed by atoms with Crippen molar-refractivity contribution >= 4 is 5.91 Å². The van der Waals surface area contributed by atoms with Crippen LogP contribution in [0.4, 0.5) is 0 Å². The predicted octanol–water partition coefficient (Wildman–Crippen LogP) is 1.50. The summed E-state index contributed by atoms with van der Waals surface area (Å²) in [5.41, 5.74) is 2.54. The van der Waals surface area contributed by atoms with Gasteiger partial charge in [-0.15, -0.1) is 0 Å². The fourth-order valence-corrected chi connectivity index (χ4v) is 1.71. The van der Waals surface area contributed by atoms with E-state index in [0.717, 1.165) is 18.6 Å². The Balaban J connectivity index is 2.57. The number of nitrogens with one attached hydrogen (secondary N) is 1. The van der Waals surface area contributed by atoms with E-state index in [1.54, 1.807) is 6.07 Å². The third kappa shape index (κ3) is 3.87. The molecule has 0 saturated carbocycles. The number of hydrazine groups is 1. The molecule has 0 aromatic carbocycles. The molecule has 1 aromatic heterocycles. The number of rotatable bonds is 6. The minimum atomic E-state index is -0.329. The summed E-state index contributed by atoms with van der Waals surface area (Å²) < 4.78 is 5.33. The van der Waals surface area contributed by atoms with E-state index >= 15 is 0 Å². The van der Waals surface area contributed by atoms with Gasteiger partial charge in [0.25, 0.3) is 5.91 Å². The van der Waals surface area contributed by atoms with Gasteiger partial charge >= 0.3 is 0 Å². The average molecular weight is 239 g/mol. The maximum Gasteiger partial charge on any atom is 0.268 e. The molecule has 0 spiro atoms. The smallest absolute Gasteiger partial charge is 0.268 e. The Hall–Kier alpha value is -1.33. The molecular formula is C12H21N3O2. The Morgan fingerprint density at radius 1 is 1.65 bits per heavy atom. The molecule has 0 bridgehead atoms. The van der Waals surface area contributed by atoms with Crippen molar-refractivity contribution < 1.29 is 9.21 Å². The Labute approximate surface area is 102 Å². The van der Waals surface area contributed by atoms with Crippen molar-refractivity contribution in [3.8, 4) is 0 Å². The van der Waals surface area contributed by atoms with E-state index in [4.69, 9.17) is 10.3 Å². The van der Waals surface area contributed by atoms with Gasteiger partial charge in [0.2, 0.25) is 0 Å². The highest BCUT2D eigenvalue weighted by Crippen LogP contribution is 2.13. The standard InChI is InChI=1S/C12H21N3O2/c1-4-5-9(2)15(3)7-11-6-10(8-17-11)12(16)14-13/h6,8-9H,4-5,7,13H2,1-3H3,(H,14,16). The molecule has 0 fully saturated rings. The van der Waals surface area contributed by atoms with Gasteiger partial charge in [0.05, 0.1) is 12.1 Å². The summed E-state index contributed by atoms with van der Waals surface area (Å²) in [6.45, 7) is 5.04. The molecule has 0 aliphatic rings. The first-order chi connectivity index (χ1) is 8.08. The van der Waals surface area contributed by atoms with Crippen LogP contribution in [0.25, 0.3) is 0 Å². The topological polar surface area (TPSA) is 71.5 Å².